The lowest BCUT2D eigenvalue weighted by Gasteiger charge is -2.59. The van der Waals surface area contributed by atoms with Crippen molar-refractivity contribution in [2.75, 3.05) is 26.4 Å². The molecule has 0 amide bonds. The van der Waals surface area contributed by atoms with Gasteiger partial charge in [-0.1, -0.05) is 19.1 Å². The molecule has 3 fully saturated rings. The van der Waals surface area contributed by atoms with Crippen LogP contribution >= 0.6 is 0 Å². The summed E-state index contributed by atoms with van der Waals surface area (Å²) < 4.78 is 23.5. The molecule has 0 bridgehead atoms. The zero-order valence-electron chi connectivity index (χ0n) is 19.3. The van der Waals surface area contributed by atoms with Crippen LogP contribution in [0.25, 0.3) is 0 Å². The first-order chi connectivity index (χ1) is 14.1. The zero-order chi connectivity index (χ0) is 21.6. The highest BCUT2D eigenvalue weighted by Gasteiger charge is 2.56. The summed E-state index contributed by atoms with van der Waals surface area (Å²) in [5.74, 6) is 0.787. The van der Waals surface area contributed by atoms with E-state index < -0.39 is 5.79 Å². The van der Waals surface area contributed by atoms with Crippen LogP contribution in [0.15, 0.2) is 24.3 Å². The van der Waals surface area contributed by atoms with Gasteiger partial charge in [-0.3, -0.25) is 4.84 Å². The number of nitrogens with zero attached hydrogens (tertiary/aromatic N) is 1. The number of hydrogen-bond donors (Lipinski definition) is 0. The van der Waals surface area contributed by atoms with Gasteiger partial charge in [0.2, 0.25) is 0 Å². The Balaban J connectivity index is 1.42. The highest BCUT2D eigenvalue weighted by Crippen LogP contribution is 2.48. The van der Waals surface area contributed by atoms with Crippen LogP contribution in [-0.4, -0.2) is 54.5 Å². The quantitative estimate of drug-likeness (QED) is 0.634. The second kappa shape index (κ2) is 8.06. The van der Waals surface area contributed by atoms with Gasteiger partial charge >= 0.3 is 0 Å². The van der Waals surface area contributed by atoms with E-state index in [1.807, 2.05) is 12.1 Å². The summed E-state index contributed by atoms with van der Waals surface area (Å²) in [5.41, 5.74) is 0.657. The maximum Gasteiger partial charge on any atom is 0.171 e. The third-order valence-corrected chi connectivity index (χ3v) is 6.22. The Morgan fingerprint density at radius 3 is 2.10 bits per heavy atom. The first kappa shape index (κ1) is 22.0. The number of hydrogen-bond acceptors (Lipinski definition) is 6. The number of rotatable bonds is 6. The van der Waals surface area contributed by atoms with Gasteiger partial charge in [-0.2, -0.15) is 5.06 Å². The molecular weight excluding hydrogens is 382 g/mol. The second-order valence-electron chi connectivity index (χ2n) is 10.5. The van der Waals surface area contributed by atoms with Crippen molar-refractivity contribution in [2.24, 2.45) is 5.92 Å². The zero-order valence-corrected chi connectivity index (χ0v) is 19.3. The molecule has 1 spiro atoms. The molecule has 4 rings (SSSR count). The number of benzene rings is 1. The Labute approximate surface area is 180 Å². The molecule has 2 atom stereocenters. The normalized spacial score (nSPS) is 28.9. The average Bonchev–Trinajstić information content (AvgIpc) is 3.50. The van der Waals surface area contributed by atoms with Crippen LogP contribution in [-0.2, 0) is 19.0 Å². The van der Waals surface area contributed by atoms with E-state index in [9.17, 15) is 0 Å². The molecule has 0 radical (unpaired) electrons. The Bertz CT molecular complexity index is 700. The number of hydroxylamine groups is 2. The largest absolute Gasteiger partial charge is 0.491 e. The lowest BCUT2D eigenvalue weighted by Crippen LogP contribution is -2.67. The van der Waals surface area contributed by atoms with Crippen LogP contribution in [0.5, 0.6) is 5.75 Å². The highest BCUT2D eigenvalue weighted by atomic mass is 16.7. The highest BCUT2D eigenvalue weighted by molar-refractivity contribution is 5.28. The van der Waals surface area contributed by atoms with E-state index in [1.54, 1.807) is 0 Å². The lowest BCUT2D eigenvalue weighted by atomic mass is 9.77. The molecular formula is C24H37NO5. The molecule has 3 heterocycles. The molecule has 6 nitrogen and oxygen atoms in total. The van der Waals surface area contributed by atoms with Crippen molar-refractivity contribution in [3.63, 3.8) is 0 Å². The second-order valence-corrected chi connectivity index (χ2v) is 10.5. The third-order valence-electron chi connectivity index (χ3n) is 6.22. The molecule has 6 heteroatoms. The van der Waals surface area contributed by atoms with Gasteiger partial charge < -0.3 is 18.9 Å². The molecule has 3 saturated heterocycles. The topological polar surface area (TPSA) is 52.7 Å². The predicted octanol–water partition coefficient (Wildman–Crippen LogP) is 4.49. The van der Waals surface area contributed by atoms with Gasteiger partial charge in [0.15, 0.2) is 5.79 Å². The maximum atomic E-state index is 6.57. The smallest absolute Gasteiger partial charge is 0.171 e. The predicted molar refractivity (Wildman–Crippen MR) is 114 cm³/mol. The molecule has 1 aromatic rings. The van der Waals surface area contributed by atoms with Crippen molar-refractivity contribution in [1.82, 2.24) is 5.06 Å². The standard InChI is InChI=1S/C24H37NO5/c1-17-11-28-24(29-12-17)15-22(3,4)25(23(5,6)16-24)30-18(2)19-7-9-20(10-8-19)26-13-21-14-27-21/h7-10,17-18,21H,11-16H2,1-6H3. The summed E-state index contributed by atoms with van der Waals surface area (Å²) in [6.45, 7) is 16.0. The molecule has 3 aliphatic rings. The van der Waals surface area contributed by atoms with Gasteiger partial charge in [-0.15, -0.1) is 0 Å². The Kier molecular flexibility index (Phi) is 5.92. The minimum absolute atomic E-state index is 0.0772. The van der Waals surface area contributed by atoms with Crippen molar-refractivity contribution in [3.05, 3.63) is 29.8 Å². The summed E-state index contributed by atoms with van der Waals surface area (Å²) in [6, 6.07) is 8.16. The fourth-order valence-electron chi connectivity index (χ4n) is 4.92. The average molecular weight is 420 g/mol. The monoisotopic (exact) mass is 419 g/mol. The summed E-state index contributed by atoms with van der Waals surface area (Å²) in [4.78, 5) is 6.57. The fourth-order valence-corrected chi connectivity index (χ4v) is 4.92. The van der Waals surface area contributed by atoms with E-state index in [0.29, 0.717) is 12.5 Å². The van der Waals surface area contributed by atoms with Gasteiger partial charge in [0.1, 0.15) is 24.6 Å². The Hall–Kier alpha value is -1.18. The molecule has 2 unspecified atom stereocenters. The van der Waals surface area contributed by atoms with E-state index in [2.05, 4.69) is 58.7 Å². The van der Waals surface area contributed by atoms with Crippen LogP contribution in [0.3, 0.4) is 0 Å². The summed E-state index contributed by atoms with van der Waals surface area (Å²) in [6.07, 6.45) is 1.74. The molecule has 0 aliphatic carbocycles. The van der Waals surface area contributed by atoms with Gasteiger partial charge in [-0.25, -0.2) is 0 Å². The van der Waals surface area contributed by atoms with Gasteiger partial charge in [0.25, 0.3) is 0 Å². The molecule has 0 saturated carbocycles. The minimum Gasteiger partial charge on any atom is -0.491 e. The Morgan fingerprint density at radius 1 is 1.00 bits per heavy atom. The Morgan fingerprint density at radius 2 is 1.57 bits per heavy atom. The van der Waals surface area contributed by atoms with E-state index in [4.69, 9.17) is 23.8 Å². The number of epoxide rings is 1. The van der Waals surface area contributed by atoms with E-state index in [1.165, 1.54) is 0 Å². The van der Waals surface area contributed by atoms with Crippen molar-refractivity contribution in [2.45, 2.75) is 83.5 Å². The fraction of sp³-hybridized carbons (Fsp3) is 0.750. The van der Waals surface area contributed by atoms with Crippen molar-refractivity contribution < 1.29 is 23.8 Å². The number of ether oxygens (including phenoxy) is 4. The molecule has 3 aliphatic heterocycles. The van der Waals surface area contributed by atoms with Crippen molar-refractivity contribution >= 4 is 0 Å². The van der Waals surface area contributed by atoms with Crippen LogP contribution in [0.1, 0.15) is 66.1 Å². The third kappa shape index (κ3) is 4.83. The number of piperidine rings is 1. The van der Waals surface area contributed by atoms with E-state index in [0.717, 1.165) is 44.0 Å². The minimum atomic E-state index is -0.521. The summed E-state index contributed by atoms with van der Waals surface area (Å²) in [7, 11) is 0. The van der Waals surface area contributed by atoms with E-state index in [-0.39, 0.29) is 23.3 Å². The van der Waals surface area contributed by atoms with Crippen LogP contribution in [0.4, 0.5) is 0 Å². The van der Waals surface area contributed by atoms with E-state index >= 15 is 0 Å². The molecule has 1 aromatic carbocycles. The van der Waals surface area contributed by atoms with Crippen LogP contribution in [0.2, 0.25) is 0 Å². The van der Waals surface area contributed by atoms with Gasteiger partial charge in [-0.05, 0) is 52.3 Å². The van der Waals surface area contributed by atoms with Crippen LogP contribution < -0.4 is 4.74 Å². The SMILES string of the molecule is CC1COC2(CC(C)(C)N(OC(C)c3ccc(OCC4CO4)cc3)C(C)(C)C2)OC1. The molecule has 30 heavy (non-hydrogen) atoms. The van der Waals surface area contributed by atoms with Crippen molar-refractivity contribution in [3.8, 4) is 5.75 Å². The van der Waals surface area contributed by atoms with Gasteiger partial charge in [0, 0.05) is 29.8 Å². The molecule has 168 valence electrons. The first-order valence-corrected chi connectivity index (χ1v) is 11.2. The van der Waals surface area contributed by atoms with Crippen molar-refractivity contribution in [1.29, 1.82) is 0 Å². The lowest BCUT2D eigenvalue weighted by molar-refractivity contribution is -0.381. The summed E-state index contributed by atoms with van der Waals surface area (Å²) >= 11 is 0. The maximum absolute atomic E-state index is 6.57. The molecule has 0 N–H and O–H groups in total. The van der Waals surface area contributed by atoms with Crippen LogP contribution in [0, 0.1) is 5.92 Å². The molecule has 0 aromatic heterocycles. The van der Waals surface area contributed by atoms with Gasteiger partial charge in [0.05, 0.1) is 19.8 Å². The first-order valence-electron chi connectivity index (χ1n) is 11.2. The summed E-state index contributed by atoms with van der Waals surface area (Å²) in [5, 5.41) is 2.16.